The summed E-state index contributed by atoms with van der Waals surface area (Å²) in [6.45, 7) is 1.54. The van der Waals surface area contributed by atoms with Crippen molar-refractivity contribution in [3.8, 4) is 5.75 Å². The van der Waals surface area contributed by atoms with E-state index in [2.05, 4.69) is 0 Å². The minimum Gasteiger partial charge on any atom is -0.490 e. The van der Waals surface area contributed by atoms with E-state index in [1.165, 1.54) is 0 Å². The molecule has 4 rings (SSSR count). The molecular weight excluding hydrogens is 354 g/mol. The average Bonchev–Trinajstić information content (AvgIpc) is 2.71. The van der Waals surface area contributed by atoms with Crippen molar-refractivity contribution in [3.05, 3.63) is 77.9 Å². The Morgan fingerprint density at radius 2 is 1.82 bits per heavy atom. The summed E-state index contributed by atoms with van der Waals surface area (Å²) in [4.78, 5) is 13.7. The molecule has 1 aliphatic heterocycles. The van der Waals surface area contributed by atoms with Crippen molar-refractivity contribution in [1.29, 1.82) is 0 Å². The van der Waals surface area contributed by atoms with Gasteiger partial charge >= 0.3 is 5.97 Å². The molecule has 144 valence electrons. The molecule has 3 aromatic carbocycles. The molecule has 5 nitrogen and oxygen atoms in total. The van der Waals surface area contributed by atoms with Gasteiger partial charge < -0.3 is 14.9 Å². The van der Waals surface area contributed by atoms with Gasteiger partial charge in [-0.2, -0.15) is 0 Å². The molecule has 2 unspecified atom stereocenters. The lowest BCUT2D eigenvalue weighted by molar-refractivity contribution is -0.139. The van der Waals surface area contributed by atoms with Crippen molar-refractivity contribution in [1.82, 2.24) is 4.90 Å². The van der Waals surface area contributed by atoms with E-state index in [0.29, 0.717) is 19.6 Å². The largest absolute Gasteiger partial charge is 0.490 e. The Hall–Kier alpha value is -2.89. The normalized spacial score (nSPS) is 17.8. The molecule has 0 aliphatic carbocycles. The Morgan fingerprint density at radius 3 is 2.68 bits per heavy atom. The van der Waals surface area contributed by atoms with Crippen molar-refractivity contribution < 1.29 is 19.7 Å². The molecule has 3 aromatic rings. The molecule has 0 amide bonds. The summed E-state index contributed by atoms with van der Waals surface area (Å²) in [5.74, 6) is -0.667. The van der Waals surface area contributed by atoms with Gasteiger partial charge in [0, 0.05) is 25.0 Å². The molecule has 1 aliphatic rings. The third-order valence-electron chi connectivity index (χ3n) is 5.21. The van der Waals surface area contributed by atoms with Gasteiger partial charge in [0.1, 0.15) is 18.5 Å². The minimum absolute atomic E-state index is 0.157. The number of aliphatic hydroxyl groups excluding tert-OH is 1. The van der Waals surface area contributed by atoms with Gasteiger partial charge in [-0.25, -0.2) is 0 Å². The van der Waals surface area contributed by atoms with Gasteiger partial charge in [0.25, 0.3) is 0 Å². The van der Waals surface area contributed by atoms with Gasteiger partial charge in [0.05, 0.1) is 5.92 Å². The molecule has 2 atom stereocenters. The second-order valence-corrected chi connectivity index (χ2v) is 7.23. The van der Waals surface area contributed by atoms with Gasteiger partial charge in [-0.05, 0) is 22.6 Å². The number of carboxylic acids is 1. The molecule has 0 saturated carbocycles. The van der Waals surface area contributed by atoms with Crippen LogP contribution in [0.3, 0.4) is 0 Å². The SMILES string of the molecule is O=C(O)C1CN(CC(O)COc2cccc3ccccc23)Cc2ccccc21. The van der Waals surface area contributed by atoms with E-state index in [1.54, 1.807) is 0 Å². The molecule has 0 saturated heterocycles. The lowest BCUT2D eigenvalue weighted by Crippen LogP contribution is -2.42. The summed E-state index contributed by atoms with van der Waals surface area (Å²) in [6.07, 6.45) is -0.710. The van der Waals surface area contributed by atoms with Gasteiger partial charge in [-0.1, -0.05) is 60.7 Å². The fraction of sp³-hybridized carbons (Fsp3) is 0.261. The first kappa shape index (κ1) is 18.5. The Kier molecular flexibility index (Phi) is 5.28. The van der Waals surface area contributed by atoms with Crippen LogP contribution in [0.2, 0.25) is 0 Å². The van der Waals surface area contributed by atoms with Gasteiger partial charge in [-0.3, -0.25) is 9.69 Å². The van der Waals surface area contributed by atoms with E-state index in [1.807, 2.05) is 71.6 Å². The lowest BCUT2D eigenvalue weighted by Gasteiger charge is -2.33. The third kappa shape index (κ3) is 3.86. The van der Waals surface area contributed by atoms with Crippen LogP contribution in [0.5, 0.6) is 5.75 Å². The number of hydrogen-bond acceptors (Lipinski definition) is 4. The number of carboxylic acid groups (broad SMARTS) is 1. The summed E-state index contributed by atoms with van der Waals surface area (Å²) in [7, 11) is 0. The third-order valence-corrected chi connectivity index (χ3v) is 5.21. The smallest absolute Gasteiger partial charge is 0.312 e. The highest BCUT2D eigenvalue weighted by atomic mass is 16.5. The molecule has 2 N–H and O–H groups in total. The highest BCUT2D eigenvalue weighted by molar-refractivity contribution is 5.88. The maximum absolute atomic E-state index is 11.7. The summed E-state index contributed by atoms with van der Waals surface area (Å²) in [5.41, 5.74) is 1.87. The van der Waals surface area contributed by atoms with E-state index in [9.17, 15) is 15.0 Å². The van der Waals surface area contributed by atoms with Crippen LogP contribution in [-0.2, 0) is 11.3 Å². The average molecular weight is 377 g/mol. The number of nitrogens with zero attached hydrogens (tertiary/aromatic N) is 1. The van der Waals surface area contributed by atoms with Crippen LogP contribution in [0.1, 0.15) is 17.0 Å². The van der Waals surface area contributed by atoms with Crippen LogP contribution in [0.25, 0.3) is 10.8 Å². The maximum atomic E-state index is 11.7. The molecule has 0 spiro atoms. The van der Waals surface area contributed by atoms with Crippen LogP contribution in [0, 0.1) is 0 Å². The van der Waals surface area contributed by atoms with Crippen molar-refractivity contribution in [2.75, 3.05) is 19.7 Å². The Bertz CT molecular complexity index is 982. The first-order chi connectivity index (χ1) is 13.6. The standard InChI is InChI=1S/C23H23NO4/c25-18(15-28-22-11-5-8-16-6-1-4-10-20(16)22)13-24-12-17-7-2-3-9-19(17)21(14-24)23(26)27/h1-11,18,21,25H,12-15H2,(H,26,27). The topological polar surface area (TPSA) is 70.0 Å². The van der Waals surface area contributed by atoms with Crippen LogP contribution >= 0.6 is 0 Å². The first-order valence-corrected chi connectivity index (χ1v) is 9.43. The lowest BCUT2D eigenvalue weighted by atomic mass is 9.89. The number of β-amino-alcohol motifs (C(OH)–C–C–N with tert-alkyl or cyclic N) is 1. The number of ether oxygens (including phenoxy) is 1. The van der Waals surface area contributed by atoms with Crippen molar-refractivity contribution in [2.24, 2.45) is 0 Å². The number of carbonyl (C=O) groups is 1. The predicted octanol–water partition coefficient (Wildman–Crippen LogP) is 3.26. The number of rotatable bonds is 6. The van der Waals surface area contributed by atoms with Gasteiger partial charge in [0.2, 0.25) is 0 Å². The van der Waals surface area contributed by atoms with Crippen LogP contribution in [0.15, 0.2) is 66.7 Å². The summed E-state index contributed by atoms with van der Waals surface area (Å²) < 4.78 is 5.87. The van der Waals surface area contributed by atoms with Crippen molar-refractivity contribution in [2.45, 2.75) is 18.6 Å². The molecular formula is C23H23NO4. The van der Waals surface area contributed by atoms with Crippen LogP contribution in [0.4, 0.5) is 0 Å². The second-order valence-electron chi connectivity index (χ2n) is 7.23. The highest BCUT2D eigenvalue weighted by Crippen LogP contribution is 2.29. The molecule has 0 aromatic heterocycles. The molecule has 28 heavy (non-hydrogen) atoms. The number of fused-ring (bicyclic) bond motifs is 2. The fourth-order valence-corrected chi connectivity index (χ4v) is 3.89. The minimum atomic E-state index is -0.835. The second kappa shape index (κ2) is 8.00. The van der Waals surface area contributed by atoms with E-state index in [-0.39, 0.29) is 6.61 Å². The molecule has 0 fully saturated rings. The highest BCUT2D eigenvalue weighted by Gasteiger charge is 2.30. The number of aliphatic carboxylic acids is 1. The Balaban J connectivity index is 1.41. The summed E-state index contributed by atoms with van der Waals surface area (Å²) in [5, 5.41) is 22.2. The maximum Gasteiger partial charge on any atom is 0.312 e. The van der Waals surface area contributed by atoms with E-state index in [0.717, 1.165) is 27.6 Å². The number of hydrogen-bond donors (Lipinski definition) is 2. The quantitative estimate of drug-likeness (QED) is 0.690. The zero-order valence-electron chi connectivity index (χ0n) is 15.5. The monoisotopic (exact) mass is 377 g/mol. The number of benzene rings is 3. The Morgan fingerprint density at radius 1 is 1.07 bits per heavy atom. The van der Waals surface area contributed by atoms with Crippen molar-refractivity contribution in [3.63, 3.8) is 0 Å². The zero-order valence-corrected chi connectivity index (χ0v) is 15.5. The van der Waals surface area contributed by atoms with Crippen LogP contribution < -0.4 is 4.74 Å². The van der Waals surface area contributed by atoms with Crippen molar-refractivity contribution >= 4 is 16.7 Å². The van der Waals surface area contributed by atoms with Crippen LogP contribution in [-0.4, -0.2) is 46.9 Å². The molecule has 0 radical (unpaired) electrons. The molecule has 0 bridgehead atoms. The van der Waals surface area contributed by atoms with E-state index >= 15 is 0 Å². The number of aliphatic hydroxyl groups is 1. The Labute approximate surface area is 163 Å². The first-order valence-electron chi connectivity index (χ1n) is 9.43. The zero-order chi connectivity index (χ0) is 19.5. The van der Waals surface area contributed by atoms with E-state index in [4.69, 9.17) is 4.74 Å². The van der Waals surface area contributed by atoms with Gasteiger partial charge in [-0.15, -0.1) is 0 Å². The summed E-state index contributed by atoms with van der Waals surface area (Å²) >= 11 is 0. The predicted molar refractivity (Wildman–Crippen MR) is 108 cm³/mol. The summed E-state index contributed by atoms with van der Waals surface area (Å²) in [6, 6.07) is 21.4. The molecule has 1 heterocycles. The van der Waals surface area contributed by atoms with Gasteiger partial charge in [0.15, 0.2) is 0 Å². The fourth-order valence-electron chi connectivity index (χ4n) is 3.89. The van der Waals surface area contributed by atoms with E-state index < -0.39 is 18.0 Å². The molecule has 5 heteroatoms.